The fraction of sp³-hybridized carbons (Fsp3) is 0. The standard InChI is InChI=1S/C52H37N3/c1-5-16-41(17-6-1)53(42-18-7-2-8-19-42)45-32-34-46(35-33-45)55-50-26-14-13-24-49(50)52-48(25-15-27-51(52)55)40-29-28-39-37-47(31-30-38(39)36-40)54(43-20-9-3-10-21-43)44-22-11-4-12-23-44/h1-37H. The second-order valence-electron chi connectivity index (χ2n) is 13.8. The van der Waals surface area contributed by atoms with Crippen LogP contribution in [0.1, 0.15) is 0 Å². The molecule has 10 rings (SSSR count). The fourth-order valence-electron chi connectivity index (χ4n) is 8.03. The van der Waals surface area contributed by atoms with Crippen molar-refractivity contribution < 1.29 is 0 Å². The Bertz CT molecular complexity index is 2820. The number of rotatable bonds is 8. The Morgan fingerprint density at radius 3 is 1.36 bits per heavy atom. The van der Waals surface area contributed by atoms with Crippen molar-refractivity contribution in [3.8, 4) is 16.8 Å². The largest absolute Gasteiger partial charge is 0.311 e. The average Bonchev–Trinajstić information content (AvgIpc) is 3.60. The number of benzene rings is 9. The zero-order valence-corrected chi connectivity index (χ0v) is 30.2. The molecule has 0 spiro atoms. The van der Waals surface area contributed by atoms with Crippen LogP contribution in [0.15, 0.2) is 224 Å². The number of hydrogen-bond acceptors (Lipinski definition) is 2. The van der Waals surface area contributed by atoms with Gasteiger partial charge in [-0.25, -0.2) is 0 Å². The number of anilines is 6. The van der Waals surface area contributed by atoms with Crippen LogP contribution in [0.3, 0.4) is 0 Å². The first kappa shape index (κ1) is 32.3. The van der Waals surface area contributed by atoms with Crippen molar-refractivity contribution in [2.45, 2.75) is 0 Å². The lowest BCUT2D eigenvalue weighted by Gasteiger charge is -2.25. The molecule has 55 heavy (non-hydrogen) atoms. The molecule has 3 nitrogen and oxygen atoms in total. The van der Waals surface area contributed by atoms with Crippen molar-refractivity contribution in [2.75, 3.05) is 9.80 Å². The first-order valence-electron chi connectivity index (χ1n) is 18.8. The minimum absolute atomic E-state index is 1.11. The van der Waals surface area contributed by atoms with Gasteiger partial charge in [0, 0.05) is 50.6 Å². The van der Waals surface area contributed by atoms with Crippen LogP contribution in [0.25, 0.3) is 49.4 Å². The molecule has 260 valence electrons. The van der Waals surface area contributed by atoms with Gasteiger partial charge >= 0.3 is 0 Å². The molecular weight excluding hydrogens is 667 g/mol. The van der Waals surface area contributed by atoms with Gasteiger partial charge in [-0.05, 0) is 125 Å². The van der Waals surface area contributed by atoms with Crippen molar-refractivity contribution in [1.82, 2.24) is 4.57 Å². The summed E-state index contributed by atoms with van der Waals surface area (Å²) in [5.74, 6) is 0. The van der Waals surface area contributed by atoms with Gasteiger partial charge in [0.05, 0.1) is 11.0 Å². The lowest BCUT2D eigenvalue weighted by atomic mass is 9.96. The molecule has 3 heteroatoms. The van der Waals surface area contributed by atoms with Crippen molar-refractivity contribution in [3.05, 3.63) is 224 Å². The number of hydrogen-bond donors (Lipinski definition) is 0. The van der Waals surface area contributed by atoms with Gasteiger partial charge in [0.1, 0.15) is 0 Å². The average molecular weight is 704 g/mol. The smallest absolute Gasteiger partial charge is 0.0547 e. The van der Waals surface area contributed by atoms with Gasteiger partial charge in [0.2, 0.25) is 0 Å². The summed E-state index contributed by atoms with van der Waals surface area (Å²) in [6, 6.07) is 80.4. The Balaban J connectivity index is 1.06. The lowest BCUT2D eigenvalue weighted by Crippen LogP contribution is -2.09. The summed E-state index contributed by atoms with van der Waals surface area (Å²) in [5, 5.41) is 4.91. The predicted molar refractivity (Wildman–Crippen MR) is 233 cm³/mol. The molecule has 0 aliphatic heterocycles. The number of fused-ring (bicyclic) bond motifs is 4. The van der Waals surface area contributed by atoms with E-state index < -0.39 is 0 Å². The quantitative estimate of drug-likeness (QED) is 0.156. The van der Waals surface area contributed by atoms with Gasteiger partial charge in [0.15, 0.2) is 0 Å². The van der Waals surface area contributed by atoms with Crippen molar-refractivity contribution in [1.29, 1.82) is 0 Å². The van der Waals surface area contributed by atoms with E-state index >= 15 is 0 Å². The van der Waals surface area contributed by atoms with E-state index in [0.29, 0.717) is 0 Å². The molecule has 0 saturated heterocycles. The summed E-state index contributed by atoms with van der Waals surface area (Å²) in [5.41, 5.74) is 12.7. The third-order valence-electron chi connectivity index (χ3n) is 10.5. The van der Waals surface area contributed by atoms with Gasteiger partial charge in [0.25, 0.3) is 0 Å². The maximum atomic E-state index is 2.41. The Kier molecular flexibility index (Phi) is 8.16. The molecule has 0 fully saturated rings. The highest BCUT2D eigenvalue weighted by molar-refractivity contribution is 6.16. The van der Waals surface area contributed by atoms with Gasteiger partial charge in [-0.1, -0.05) is 121 Å². The van der Waals surface area contributed by atoms with Crippen LogP contribution < -0.4 is 9.80 Å². The summed E-state index contributed by atoms with van der Waals surface area (Å²) in [6.45, 7) is 0. The molecule has 0 amide bonds. The van der Waals surface area contributed by atoms with Crippen LogP contribution in [-0.4, -0.2) is 4.57 Å². The second kappa shape index (κ2) is 13.9. The van der Waals surface area contributed by atoms with E-state index in [0.717, 1.165) is 39.8 Å². The van der Waals surface area contributed by atoms with E-state index in [9.17, 15) is 0 Å². The fourth-order valence-corrected chi connectivity index (χ4v) is 8.03. The normalized spacial score (nSPS) is 11.3. The molecular formula is C52H37N3. The van der Waals surface area contributed by atoms with Crippen molar-refractivity contribution >= 4 is 66.7 Å². The Morgan fingerprint density at radius 2 is 0.764 bits per heavy atom. The molecule has 0 atom stereocenters. The SMILES string of the molecule is c1ccc(N(c2ccccc2)c2ccc(-n3c4ccccc4c4c(-c5ccc6cc(N(c7ccccc7)c7ccccc7)ccc6c5)cccc43)cc2)cc1. The van der Waals surface area contributed by atoms with Crippen LogP contribution in [0.5, 0.6) is 0 Å². The Morgan fingerprint density at radius 1 is 0.309 bits per heavy atom. The number of para-hydroxylation sites is 5. The highest BCUT2D eigenvalue weighted by Crippen LogP contribution is 2.41. The van der Waals surface area contributed by atoms with Crippen LogP contribution >= 0.6 is 0 Å². The van der Waals surface area contributed by atoms with E-state index in [-0.39, 0.29) is 0 Å². The second-order valence-corrected chi connectivity index (χ2v) is 13.8. The summed E-state index contributed by atoms with van der Waals surface area (Å²) in [4.78, 5) is 4.62. The molecule has 0 aliphatic rings. The van der Waals surface area contributed by atoms with Gasteiger partial charge in [-0.2, -0.15) is 0 Å². The molecule has 0 saturated carbocycles. The molecule has 0 aliphatic carbocycles. The molecule has 10 aromatic rings. The Hall–Kier alpha value is -7.36. The van der Waals surface area contributed by atoms with Gasteiger partial charge in [-0.15, -0.1) is 0 Å². The summed E-state index contributed by atoms with van der Waals surface area (Å²) in [7, 11) is 0. The molecule has 1 aromatic heterocycles. The monoisotopic (exact) mass is 703 g/mol. The minimum atomic E-state index is 1.11. The lowest BCUT2D eigenvalue weighted by molar-refractivity contribution is 1.17. The molecule has 9 aromatic carbocycles. The van der Waals surface area contributed by atoms with Gasteiger partial charge in [-0.3, -0.25) is 0 Å². The minimum Gasteiger partial charge on any atom is -0.311 e. The summed E-state index contributed by atoms with van der Waals surface area (Å²) in [6.07, 6.45) is 0. The molecule has 0 N–H and O–H groups in total. The Labute approximate surface area is 321 Å². The van der Waals surface area contributed by atoms with Crippen molar-refractivity contribution in [2.24, 2.45) is 0 Å². The number of nitrogens with zero attached hydrogens (tertiary/aromatic N) is 3. The highest BCUT2D eigenvalue weighted by atomic mass is 15.1. The molecule has 1 heterocycles. The van der Waals surface area contributed by atoms with Crippen LogP contribution in [-0.2, 0) is 0 Å². The number of aromatic nitrogens is 1. The van der Waals surface area contributed by atoms with E-state index in [1.165, 1.54) is 43.7 Å². The van der Waals surface area contributed by atoms with Crippen LogP contribution in [0.2, 0.25) is 0 Å². The van der Waals surface area contributed by atoms with Crippen molar-refractivity contribution in [3.63, 3.8) is 0 Å². The summed E-state index contributed by atoms with van der Waals surface area (Å²) >= 11 is 0. The van der Waals surface area contributed by atoms with E-state index in [1.807, 2.05) is 0 Å². The predicted octanol–water partition coefficient (Wildman–Crippen LogP) is 14.5. The maximum Gasteiger partial charge on any atom is 0.0547 e. The van der Waals surface area contributed by atoms with Crippen LogP contribution in [0, 0.1) is 0 Å². The third kappa shape index (κ3) is 5.89. The zero-order valence-electron chi connectivity index (χ0n) is 30.2. The first-order chi connectivity index (χ1) is 27.3. The molecule has 0 bridgehead atoms. The first-order valence-corrected chi connectivity index (χ1v) is 18.8. The van der Waals surface area contributed by atoms with Gasteiger partial charge < -0.3 is 14.4 Å². The maximum absolute atomic E-state index is 2.41. The summed E-state index contributed by atoms with van der Waals surface area (Å²) < 4.78 is 2.41. The van der Waals surface area contributed by atoms with Crippen LogP contribution in [0.4, 0.5) is 34.1 Å². The van der Waals surface area contributed by atoms with E-state index in [2.05, 4.69) is 239 Å². The van der Waals surface area contributed by atoms with E-state index in [4.69, 9.17) is 0 Å². The molecule has 0 radical (unpaired) electrons. The zero-order chi connectivity index (χ0) is 36.6. The van der Waals surface area contributed by atoms with E-state index in [1.54, 1.807) is 0 Å². The highest BCUT2D eigenvalue weighted by Gasteiger charge is 2.18. The third-order valence-corrected chi connectivity index (χ3v) is 10.5. The molecule has 0 unspecified atom stereocenters. The topological polar surface area (TPSA) is 11.4 Å².